The van der Waals surface area contributed by atoms with Crippen LogP contribution in [0.3, 0.4) is 0 Å². The lowest BCUT2D eigenvalue weighted by Gasteiger charge is -2.22. The van der Waals surface area contributed by atoms with Crippen LogP contribution in [0.15, 0.2) is 23.4 Å². The zero-order chi connectivity index (χ0) is 17.2. The van der Waals surface area contributed by atoms with Crippen molar-refractivity contribution in [1.82, 2.24) is 25.5 Å². The molecule has 1 heterocycles. The Morgan fingerprint density at radius 1 is 1.26 bits per heavy atom. The summed E-state index contributed by atoms with van der Waals surface area (Å²) in [6.07, 6.45) is 0. The second kappa shape index (κ2) is 6.70. The van der Waals surface area contributed by atoms with Crippen molar-refractivity contribution in [2.45, 2.75) is 57.5 Å². The van der Waals surface area contributed by atoms with Crippen LogP contribution in [-0.4, -0.2) is 36.9 Å². The van der Waals surface area contributed by atoms with Crippen molar-refractivity contribution in [2.24, 2.45) is 0 Å². The van der Waals surface area contributed by atoms with Crippen LogP contribution in [0.1, 0.15) is 38.8 Å². The van der Waals surface area contributed by atoms with Gasteiger partial charge >= 0.3 is 0 Å². The highest BCUT2D eigenvalue weighted by Crippen LogP contribution is 2.24. The molecule has 0 saturated carbocycles. The first-order valence-corrected chi connectivity index (χ1v) is 8.40. The van der Waals surface area contributed by atoms with Crippen LogP contribution in [0.2, 0.25) is 0 Å². The summed E-state index contributed by atoms with van der Waals surface area (Å²) in [5.74, 6) is -0.0304. The molecule has 1 atom stereocenters. The Bertz CT molecular complexity index is 705. The van der Waals surface area contributed by atoms with Gasteiger partial charge in [-0.15, -0.1) is 5.10 Å². The van der Waals surface area contributed by atoms with Crippen LogP contribution in [0.4, 0.5) is 0 Å². The van der Waals surface area contributed by atoms with E-state index in [1.165, 1.54) is 22.9 Å². The first kappa shape index (κ1) is 17.5. The molecule has 1 aromatic carbocycles. The molecule has 0 aliphatic heterocycles. The fourth-order valence-corrected chi connectivity index (χ4v) is 2.76. The number of carbonyl (C=O) groups excluding carboxylic acids is 1. The number of aryl methyl sites for hydroxylation is 2. The van der Waals surface area contributed by atoms with Gasteiger partial charge in [-0.3, -0.25) is 4.79 Å². The summed E-state index contributed by atoms with van der Waals surface area (Å²) in [6, 6.07) is 6.05. The SMILES string of the molecule is Cc1ccc(-n2nnnc2S[C@@H](C)C(=O)NC(C)(C)C)cc1C. The average molecular weight is 333 g/mol. The molecule has 1 N–H and O–H groups in total. The molecule has 23 heavy (non-hydrogen) atoms. The molecule has 6 nitrogen and oxygen atoms in total. The van der Waals surface area contributed by atoms with Crippen molar-refractivity contribution >= 4 is 17.7 Å². The Labute approximate surface area is 141 Å². The normalized spacial score (nSPS) is 13.0. The molecule has 0 aliphatic rings. The highest BCUT2D eigenvalue weighted by atomic mass is 32.2. The third-order valence-corrected chi connectivity index (χ3v) is 4.36. The zero-order valence-corrected chi connectivity index (χ0v) is 15.2. The van der Waals surface area contributed by atoms with Crippen LogP contribution in [-0.2, 0) is 4.79 Å². The molecule has 0 fully saturated rings. The molecule has 0 saturated heterocycles. The monoisotopic (exact) mass is 333 g/mol. The molecule has 0 aliphatic carbocycles. The molecule has 0 unspecified atom stereocenters. The molecule has 2 aromatic rings. The van der Waals surface area contributed by atoms with Gasteiger partial charge in [0.2, 0.25) is 11.1 Å². The topological polar surface area (TPSA) is 72.7 Å². The lowest BCUT2D eigenvalue weighted by Crippen LogP contribution is -2.44. The molecule has 1 aromatic heterocycles. The van der Waals surface area contributed by atoms with Crippen LogP contribution < -0.4 is 5.32 Å². The Morgan fingerprint density at radius 2 is 1.96 bits per heavy atom. The first-order chi connectivity index (χ1) is 10.7. The van der Waals surface area contributed by atoms with Gasteiger partial charge in [-0.2, -0.15) is 4.68 Å². The van der Waals surface area contributed by atoms with E-state index < -0.39 is 0 Å². The molecular weight excluding hydrogens is 310 g/mol. The number of hydrogen-bond donors (Lipinski definition) is 1. The third-order valence-electron chi connectivity index (χ3n) is 3.33. The summed E-state index contributed by atoms with van der Waals surface area (Å²) in [5.41, 5.74) is 3.02. The number of hydrogen-bond acceptors (Lipinski definition) is 5. The van der Waals surface area contributed by atoms with E-state index >= 15 is 0 Å². The Hall–Kier alpha value is -1.89. The van der Waals surface area contributed by atoms with Crippen molar-refractivity contribution in [3.8, 4) is 5.69 Å². The third kappa shape index (κ3) is 4.54. The number of amides is 1. The molecule has 124 valence electrons. The lowest BCUT2D eigenvalue weighted by molar-refractivity contribution is -0.121. The second-order valence-corrected chi connectivity index (χ2v) is 7.95. The summed E-state index contributed by atoms with van der Waals surface area (Å²) in [7, 11) is 0. The van der Waals surface area contributed by atoms with Gasteiger partial charge < -0.3 is 5.32 Å². The van der Waals surface area contributed by atoms with E-state index in [2.05, 4.69) is 34.7 Å². The highest BCUT2D eigenvalue weighted by Gasteiger charge is 2.22. The molecular formula is C16H23N5OS. The van der Waals surface area contributed by atoms with Crippen molar-refractivity contribution in [1.29, 1.82) is 0 Å². The quantitative estimate of drug-likeness (QED) is 0.871. The zero-order valence-electron chi connectivity index (χ0n) is 14.4. The minimum Gasteiger partial charge on any atom is -0.351 e. The first-order valence-electron chi connectivity index (χ1n) is 7.52. The van der Waals surface area contributed by atoms with Crippen LogP contribution in [0.25, 0.3) is 5.69 Å². The minimum atomic E-state index is -0.287. The fourth-order valence-electron chi connectivity index (χ4n) is 1.95. The number of rotatable bonds is 4. The van der Waals surface area contributed by atoms with Gasteiger partial charge in [-0.25, -0.2) is 0 Å². The van der Waals surface area contributed by atoms with Gasteiger partial charge in [0.15, 0.2) is 0 Å². The van der Waals surface area contributed by atoms with Crippen LogP contribution in [0, 0.1) is 13.8 Å². The van der Waals surface area contributed by atoms with E-state index in [-0.39, 0.29) is 16.7 Å². The summed E-state index contributed by atoms with van der Waals surface area (Å²) in [6.45, 7) is 11.8. The van der Waals surface area contributed by atoms with E-state index in [1.54, 1.807) is 4.68 Å². The average Bonchev–Trinajstić information content (AvgIpc) is 2.88. The Kier molecular flexibility index (Phi) is 5.09. The minimum absolute atomic E-state index is 0.0304. The molecule has 2 rings (SSSR count). The molecule has 1 amide bonds. The van der Waals surface area contributed by atoms with Gasteiger partial charge in [-0.1, -0.05) is 17.8 Å². The smallest absolute Gasteiger partial charge is 0.233 e. The van der Waals surface area contributed by atoms with Gasteiger partial charge in [0.05, 0.1) is 10.9 Å². The van der Waals surface area contributed by atoms with E-state index in [1.807, 2.05) is 45.9 Å². The van der Waals surface area contributed by atoms with E-state index in [0.717, 1.165) is 5.69 Å². The van der Waals surface area contributed by atoms with Gasteiger partial charge in [0, 0.05) is 5.54 Å². The largest absolute Gasteiger partial charge is 0.351 e. The number of nitrogens with one attached hydrogen (secondary N) is 1. The maximum atomic E-state index is 12.2. The standard InChI is InChI=1S/C16H23N5OS/c1-10-7-8-13(9-11(10)2)21-15(18-19-20-21)23-12(3)14(22)17-16(4,5)6/h7-9,12H,1-6H3,(H,17,22)/t12-/m0/s1. The predicted octanol–water partition coefficient (Wildman–Crippen LogP) is 2.67. The van der Waals surface area contributed by atoms with E-state index in [9.17, 15) is 4.79 Å². The molecule has 0 bridgehead atoms. The van der Waals surface area contributed by atoms with Gasteiger partial charge in [0.25, 0.3) is 0 Å². The van der Waals surface area contributed by atoms with Gasteiger partial charge in [0.1, 0.15) is 0 Å². The fraction of sp³-hybridized carbons (Fsp3) is 0.500. The predicted molar refractivity (Wildman–Crippen MR) is 91.8 cm³/mol. The summed E-state index contributed by atoms with van der Waals surface area (Å²) in [5, 5.41) is 15.1. The van der Waals surface area contributed by atoms with Gasteiger partial charge in [-0.05, 0) is 75.2 Å². The number of benzene rings is 1. The van der Waals surface area contributed by atoms with Crippen molar-refractivity contribution in [2.75, 3.05) is 0 Å². The van der Waals surface area contributed by atoms with Crippen LogP contribution in [0.5, 0.6) is 0 Å². The molecule has 0 spiro atoms. The summed E-state index contributed by atoms with van der Waals surface area (Å²) >= 11 is 1.35. The maximum absolute atomic E-state index is 12.2. The summed E-state index contributed by atoms with van der Waals surface area (Å²) in [4.78, 5) is 12.2. The number of tetrazole rings is 1. The second-order valence-electron chi connectivity index (χ2n) is 6.64. The van der Waals surface area contributed by atoms with E-state index in [0.29, 0.717) is 5.16 Å². The Morgan fingerprint density at radius 3 is 2.57 bits per heavy atom. The highest BCUT2D eigenvalue weighted by molar-refractivity contribution is 8.00. The van der Waals surface area contributed by atoms with Crippen molar-refractivity contribution < 1.29 is 4.79 Å². The van der Waals surface area contributed by atoms with Crippen molar-refractivity contribution in [3.05, 3.63) is 29.3 Å². The number of carbonyl (C=O) groups is 1. The number of aromatic nitrogens is 4. The lowest BCUT2D eigenvalue weighted by atomic mass is 10.1. The molecule has 7 heteroatoms. The van der Waals surface area contributed by atoms with Crippen molar-refractivity contribution in [3.63, 3.8) is 0 Å². The number of nitrogens with zero attached hydrogens (tertiary/aromatic N) is 4. The number of thioether (sulfide) groups is 1. The summed E-state index contributed by atoms with van der Waals surface area (Å²) < 4.78 is 1.66. The Balaban J connectivity index is 2.18. The maximum Gasteiger partial charge on any atom is 0.233 e. The van der Waals surface area contributed by atoms with E-state index in [4.69, 9.17) is 0 Å². The molecule has 0 radical (unpaired) electrons. The van der Waals surface area contributed by atoms with Crippen LogP contribution >= 0.6 is 11.8 Å².